The van der Waals surface area contributed by atoms with Crippen molar-refractivity contribution in [3.05, 3.63) is 17.0 Å². The van der Waals surface area contributed by atoms with Gasteiger partial charge in [0, 0.05) is 0 Å². The first kappa shape index (κ1) is 14.7. The molecular weight excluding hydrogens is 252 g/mol. The second-order valence-corrected chi connectivity index (χ2v) is 5.06. The van der Waals surface area contributed by atoms with Crippen molar-refractivity contribution in [2.45, 2.75) is 26.8 Å². The van der Waals surface area contributed by atoms with Crippen molar-refractivity contribution in [2.24, 2.45) is 11.7 Å². The summed E-state index contributed by atoms with van der Waals surface area (Å²) in [5, 5.41) is 4.87. The number of hydrogen-bond donors (Lipinski definition) is 2. The highest BCUT2D eigenvalue weighted by Crippen LogP contribution is 2.24. The lowest BCUT2D eigenvalue weighted by Gasteiger charge is -2.15. The number of ether oxygens (including phenoxy) is 1. The number of nitrogens with two attached hydrogens (primary N) is 1. The minimum absolute atomic E-state index is 0.0380. The molecule has 1 aromatic heterocycles. The first-order valence-electron chi connectivity index (χ1n) is 5.78. The van der Waals surface area contributed by atoms with Crippen LogP contribution in [0.2, 0.25) is 0 Å². The second kappa shape index (κ2) is 6.51. The molecule has 18 heavy (non-hydrogen) atoms. The third kappa shape index (κ3) is 3.54. The Hall–Kier alpha value is -1.40. The van der Waals surface area contributed by atoms with Crippen LogP contribution in [0, 0.1) is 5.92 Å². The minimum atomic E-state index is -0.595. The van der Waals surface area contributed by atoms with Crippen molar-refractivity contribution in [3.63, 3.8) is 0 Å². The van der Waals surface area contributed by atoms with Crippen molar-refractivity contribution < 1.29 is 14.3 Å². The Bertz CT molecular complexity index is 429. The maximum Gasteiger partial charge on any atom is 0.341 e. The first-order chi connectivity index (χ1) is 8.47. The molecule has 0 spiro atoms. The Morgan fingerprint density at radius 3 is 2.72 bits per heavy atom. The largest absolute Gasteiger partial charge is 0.462 e. The molecule has 0 bridgehead atoms. The number of hydrogen-bond acceptors (Lipinski definition) is 5. The molecule has 0 aliphatic heterocycles. The van der Waals surface area contributed by atoms with E-state index in [2.05, 4.69) is 5.32 Å². The normalized spacial score (nSPS) is 12.3. The molecule has 0 saturated heterocycles. The average Bonchev–Trinajstić information content (AvgIpc) is 2.76. The lowest BCUT2D eigenvalue weighted by atomic mass is 10.1. The van der Waals surface area contributed by atoms with Gasteiger partial charge in [0.2, 0.25) is 5.91 Å². The van der Waals surface area contributed by atoms with Gasteiger partial charge in [-0.1, -0.05) is 13.8 Å². The molecule has 0 aromatic carbocycles. The minimum Gasteiger partial charge on any atom is -0.462 e. The molecule has 5 nitrogen and oxygen atoms in total. The number of rotatable bonds is 5. The number of esters is 1. The molecule has 100 valence electrons. The van der Waals surface area contributed by atoms with E-state index in [0.29, 0.717) is 17.2 Å². The Morgan fingerprint density at radius 2 is 2.17 bits per heavy atom. The summed E-state index contributed by atoms with van der Waals surface area (Å²) in [5.74, 6) is -0.693. The van der Waals surface area contributed by atoms with Crippen LogP contribution in [0.1, 0.15) is 31.1 Å². The quantitative estimate of drug-likeness (QED) is 0.800. The molecule has 0 fully saturated rings. The van der Waals surface area contributed by atoms with Gasteiger partial charge >= 0.3 is 5.97 Å². The molecule has 0 unspecified atom stereocenters. The van der Waals surface area contributed by atoms with E-state index >= 15 is 0 Å². The van der Waals surface area contributed by atoms with Crippen molar-refractivity contribution in [2.75, 3.05) is 11.9 Å². The predicted molar refractivity (Wildman–Crippen MR) is 71.7 cm³/mol. The molecule has 0 aliphatic carbocycles. The summed E-state index contributed by atoms with van der Waals surface area (Å²) in [6.07, 6.45) is 0. The monoisotopic (exact) mass is 270 g/mol. The van der Waals surface area contributed by atoms with E-state index in [1.54, 1.807) is 18.4 Å². The second-order valence-electron chi connectivity index (χ2n) is 4.14. The Morgan fingerprint density at radius 1 is 1.50 bits per heavy atom. The van der Waals surface area contributed by atoms with E-state index in [1.165, 1.54) is 11.3 Å². The molecule has 3 N–H and O–H groups in total. The van der Waals surface area contributed by atoms with Gasteiger partial charge in [0.05, 0.1) is 18.2 Å². The van der Waals surface area contributed by atoms with Crippen LogP contribution in [0.4, 0.5) is 5.00 Å². The SMILES string of the molecule is CCOC(=O)c1ccsc1NC(=O)[C@H](N)C(C)C. The van der Waals surface area contributed by atoms with E-state index in [9.17, 15) is 9.59 Å². The molecule has 1 amide bonds. The average molecular weight is 270 g/mol. The Labute approximate surface area is 110 Å². The molecule has 0 radical (unpaired) electrons. The van der Waals surface area contributed by atoms with E-state index in [1.807, 2.05) is 13.8 Å². The summed E-state index contributed by atoms with van der Waals surface area (Å²) in [4.78, 5) is 23.4. The van der Waals surface area contributed by atoms with Gasteiger partial charge < -0.3 is 15.8 Å². The maximum atomic E-state index is 11.8. The standard InChI is InChI=1S/C12H18N2O3S/c1-4-17-12(16)8-5-6-18-11(8)14-10(15)9(13)7(2)3/h5-7,9H,4,13H2,1-3H3,(H,14,15)/t9-/m1/s1. The van der Waals surface area contributed by atoms with Gasteiger partial charge in [0.25, 0.3) is 0 Å². The molecule has 0 aliphatic rings. The highest BCUT2D eigenvalue weighted by atomic mass is 32.1. The summed E-state index contributed by atoms with van der Waals surface area (Å²) < 4.78 is 4.90. The van der Waals surface area contributed by atoms with Crippen LogP contribution in [0.25, 0.3) is 0 Å². The smallest absolute Gasteiger partial charge is 0.341 e. The summed E-state index contributed by atoms with van der Waals surface area (Å²) in [7, 11) is 0. The van der Waals surface area contributed by atoms with Gasteiger partial charge in [0.15, 0.2) is 0 Å². The van der Waals surface area contributed by atoms with Gasteiger partial charge in [-0.2, -0.15) is 0 Å². The fourth-order valence-electron chi connectivity index (χ4n) is 1.27. The van der Waals surface area contributed by atoms with E-state index in [4.69, 9.17) is 10.5 Å². The lowest BCUT2D eigenvalue weighted by Crippen LogP contribution is -2.39. The summed E-state index contributed by atoms with van der Waals surface area (Å²) >= 11 is 1.27. The van der Waals surface area contributed by atoms with Crippen molar-refractivity contribution in [1.82, 2.24) is 0 Å². The molecule has 1 atom stereocenters. The van der Waals surface area contributed by atoms with Gasteiger partial charge in [-0.3, -0.25) is 4.79 Å². The third-order valence-corrected chi connectivity index (χ3v) is 3.25. The third-order valence-electron chi connectivity index (χ3n) is 2.42. The van der Waals surface area contributed by atoms with Crippen molar-refractivity contribution in [3.8, 4) is 0 Å². The van der Waals surface area contributed by atoms with Crippen molar-refractivity contribution >= 4 is 28.2 Å². The van der Waals surface area contributed by atoms with Gasteiger partial charge in [-0.25, -0.2) is 4.79 Å². The van der Waals surface area contributed by atoms with Crippen LogP contribution in [-0.4, -0.2) is 24.5 Å². The summed E-state index contributed by atoms with van der Waals surface area (Å²) in [6.45, 7) is 5.76. The maximum absolute atomic E-state index is 11.8. The predicted octanol–water partition coefficient (Wildman–Crippen LogP) is 1.85. The van der Waals surface area contributed by atoms with Crippen LogP contribution in [-0.2, 0) is 9.53 Å². The van der Waals surface area contributed by atoms with E-state index in [-0.39, 0.29) is 11.8 Å². The number of thiophene rings is 1. The fourth-order valence-corrected chi connectivity index (χ4v) is 2.05. The number of amides is 1. The van der Waals surface area contributed by atoms with Crippen LogP contribution < -0.4 is 11.1 Å². The van der Waals surface area contributed by atoms with E-state index in [0.717, 1.165) is 0 Å². The van der Waals surface area contributed by atoms with Gasteiger partial charge in [-0.05, 0) is 24.3 Å². The highest BCUT2D eigenvalue weighted by Gasteiger charge is 2.21. The zero-order chi connectivity index (χ0) is 13.7. The molecule has 1 aromatic rings. The van der Waals surface area contributed by atoms with Crippen LogP contribution >= 0.6 is 11.3 Å². The van der Waals surface area contributed by atoms with Crippen molar-refractivity contribution in [1.29, 1.82) is 0 Å². The Balaban J connectivity index is 2.77. The number of anilines is 1. The fraction of sp³-hybridized carbons (Fsp3) is 0.500. The molecule has 1 heterocycles. The summed E-state index contributed by atoms with van der Waals surface area (Å²) in [6, 6.07) is 1.03. The topological polar surface area (TPSA) is 81.4 Å². The van der Waals surface area contributed by atoms with Crippen LogP contribution in [0.3, 0.4) is 0 Å². The lowest BCUT2D eigenvalue weighted by molar-refractivity contribution is -0.118. The van der Waals surface area contributed by atoms with Gasteiger partial charge in [-0.15, -0.1) is 11.3 Å². The zero-order valence-electron chi connectivity index (χ0n) is 10.7. The highest BCUT2D eigenvalue weighted by molar-refractivity contribution is 7.14. The molecule has 1 rings (SSSR count). The van der Waals surface area contributed by atoms with E-state index < -0.39 is 12.0 Å². The van der Waals surface area contributed by atoms with Crippen LogP contribution in [0.15, 0.2) is 11.4 Å². The Kier molecular flexibility index (Phi) is 5.30. The number of carbonyl (C=O) groups is 2. The first-order valence-corrected chi connectivity index (χ1v) is 6.66. The van der Waals surface area contributed by atoms with Gasteiger partial charge in [0.1, 0.15) is 5.00 Å². The summed E-state index contributed by atoms with van der Waals surface area (Å²) in [5.41, 5.74) is 6.10. The number of nitrogens with one attached hydrogen (secondary N) is 1. The number of carbonyl (C=O) groups excluding carboxylic acids is 2. The zero-order valence-corrected chi connectivity index (χ0v) is 11.5. The molecule has 0 saturated carbocycles. The molecule has 6 heteroatoms. The molecular formula is C12H18N2O3S. The van der Waals surface area contributed by atoms with Crippen LogP contribution in [0.5, 0.6) is 0 Å².